The summed E-state index contributed by atoms with van der Waals surface area (Å²) in [5.41, 5.74) is 5.39. The lowest BCUT2D eigenvalue weighted by Gasteiger charge is -2.36. The number of fused-ring (bicyclic) bond motifs is 1. The van der Waals surface area contributed by atoms with Crippen LogP contribution in [0, 0.1) is 5.92 Å². The summed E-state index contributed by atoms with van der Waals surface area (Å²) in [4.78, 5) is 41.8. The number of H-pyrrole nitrogens is 1. The van der Waals surface area contributed by atoms with Crippen molar-refractivity contribution in [3.8, 4) is 0 Å². The van der Waals surface area contributed by atoms with Crippen molar-refractivity contribution in [3.63, 3.8) is 0 Å². The first kappa shape index (κ1) is 45.5. The number of amides is 2. The third kappa shape index (κ3) is 15.0. The number of carbonyl (C=O) groups is 2. The first-order chi connectivity index (χ1) is 25.0. The van der Waals surface area contributed by atoms with Crippen LogP contribution >= 0.6 is 0 Å². The largest absolute Gasteiger partial charge is 0.397 e. The summed E-state index contributed by atoms with van der Waals surface area (Å²) in [6, 6.07) is 0.131. The van der Waals surface area contributed by atoms with Gasteiger partial charge in [-0.3, -0.25) is 14.4 Å². The molecule has 9 nitrogen and oxygen atoms in total. The summed E-state index contributed by atoms with van der Waals surface area (Å²) in [6.45, 7) is 25.6. The third-order valence-corrected chi connectivity index (χ3v) is 8.45. The highest BCUT2D eigenvalue weighted by molar-refractivity contribution is 5.94. The summed E-state index contributed by atoms with van der Waals surface area (Å²) in [7, 11) is 0. The van der Waals surface area contributed by atoms with Crippen LogP contribution in [0.15, 0.2) is 95.6 Å². The Labute approximate surface area is 313 Å². The van der Waals surface area contributed by atoms with Gasteiger partial charge >= 0.3 is 0 Å². The van der Waals surface area contributed by atoms with Crippen molar-refractivity contribution in [3.05, 3.63) is 118 Å². The Morgan fingerprint density at radius 3 is 2.35 bits per heavy atom. The predicted octanol–water partition coefficient (Wildman–Crippen LogP) is 7.57. The van der Waals surface area contributed by atoms with Crippen LogP contribution in [-0.4, -0.2) is 75.7 Å². The minimum Gasteiger partial charge on any atom is -0.397 e. The highest BCUT2D eigenvalue weighted by Gasteiger charge is 2.30. The number of hydrogen-bond acceptors (Lipinski definition) is 6. The molecule has 1 aromatic heterocycles. The van der Waals surface area contributed by atoms with Crippen molar-refractivity contribution >= 4 is 17.9 Å². The summed E-state index contributed by atoms with van der Waals surface area (Å²) >= 11 is 0. The molecule has 4 rings (SSSR count). The molecular weight excluding hydrogens is 651 g/mol. The average molecular weight is 716 g/mol. The molecule has 9 heteroatoms. The van der Waals surface area contributed by atoms with E-state index < -0.39 is 0 Å². The Morgan fingerprint density at radius 2 is 1.75 bits per heavy atom. The van der Waals surface area contributed by atoms with Gasteiger partial charge in [0, 0.05) is 73.9 Å². The van der Waals surface area contributed by atoms with E-state index in [0.29, 0.717) is 50.2 Å². The normalized spacial score (nSPS) is 19.0. The number of aliphatic hydroxyl groups excluding tert-OH is 1. The maximum absolute atomic E-state index is 13.3. The van der Waals surface area contributed by atoms with E-state index in [4.69, 9.17) is 5.11 Å². The molecule has 1 saturated heterocycles. The minimum absolute atomic E-state index is 0.00838. The standard InChI is InChI=1S/C31H41N5O3.C8H12.C2H6O.C2H6/c1-5-11-23(31(39)36-18-16-35(17-19-36)30(38)21(2)3)12-9-10-14-25-22(4)32-24-13-7-6-8-15-26-27(20-24)28(25)33-34-29(26)37;1-4-5-6-7-8(2)3;1-2-3;1-2/h5,8-11,13,15,21-22,25,32H,1,6-7,12,14,16-20H2,2-4H3,(H,34,37);4-7H,2H2,1,3H3;3H,2H2,1H3;1-2H3/b10-9-,15-8-,23-11+,24-13?;5-4-,7-6-;;. The topological polar surface area (TPSA) is 119 Å². The lowest BCUT2D eigenvalue weighted by molar-refractivity contribution is -0.139. The number of carbonyl (C=O) groups excluding carboxylic acids is 2. The van der Waals surface area contributed by atoms with E-state index in [9.17, 15) is 14.4 Å². The van der Waals surface area contributed by atoms with Gasteiger partial charge in [-0.2, -0.15) is 5.10 Å². The van der Waals surface area contributed by atoms with Crippen molar-refractivity contribution < 1.29 is 14.7 Å². The van der Waals surface area contributed by atoms with Gasteiger partial charge in [-0.25, -0.2) is 5.10 Å². The summed E-state index contributed by atoms with van der Waals surface area (Å²) in [5.74, 6) is 0.160. The van der Waals surface area contributed by atoms with Crippen molar-refractivity contribution in [2.24, 2.45) is 5.92 Å². The van der Waals surface area contributed by atoms with Crippen LogP contribution in [0.2, 0.25) is 0 Å². The van der Waals surface area contributed by atoms with E-state index in [-0.39, 0.29) is 41.9 Å². The minimum atomic E-state index is -0.151. The van der Waals surface area contributed by atoms with Crippen LogP contribution in [0.3, 0.4) is 0 Å². The van der Waals surface area contributed by atoms with Crippen LogP contribution in [0.1, 0.15) is 104 Å². The molecule has 1 aromatic rings. The highest BCUT2D eigenvalue weighted by Crippen LogP contribution is 2.32. The highest BCUT2D eigenvalue weighted by atomic mass is 16.2. The fourth-order valence-electron chi connectivity index (χ4n) is 5.91. The number of aromatic amines is 1. The Bertz CT molecular complexity index is 1530. The predicted molar refractivity (Wildman–Crippen MR) is 218 cm³/mol. The van der Waals surface area contributed by atoms with Gasteiger partial charge < -0.3 is 20.2 Å². The van der Waals surface area contributed by atoms with Gasteiger partial charge in [0.1, 0.15) is 0 Å². The Morgan fingerprint density at radius 1 is 1.10 bits per heavy atom. The Hall–Kier alpha value is -4.50. The van der Waals surface area contributed by atoms with Crippen LogP contribution in [-0.2, 0) is 16.0 Å². The summed E-state index contributed by atoms with van der Waals surface area (Å²) in [6.07, 6.45) is 25.4. The zero-order valence-electron chi connectivity index (χ0n) is 33.1. The molecule has 2 amide bonds. The number of hydrogen-bond donors (Lipinski definition) is 3. The quantitative estimate of drug-likeness (QED) is 0.138. The van der Waals surface area contributed by atoms with E-state index in [1.807, 2.05) is 87.8 Å². The Balaban J connectivity index is 0.000000897. The number of nitrogens with zero attached hydrogens (tertiary/aromatic N) is 3. The van der Waals surface area contributed by atoms with Gasteiger partial charge in [-0.1, -0.05) is 113 Å². The lowest BCUT2D eigenvalue weighted by atomic mass is 9.89. The zero-order chi connectivity index (χ0) is 39.1. The molecule has 1 aliphatic carbocycles. The van der Waals surface area contributed by atoms with Crippen LogP contribution < -0.4 is 10.9 Å². The molecule has 0 saturated carbocycles. The van der Waals surface area contributed by atoms with Crippen LogP contribution in [0.25, 0.3) is 6.08 Å². The smallest absolute Gasteiger partial charge is 0.271 e. The molecular formula is C43H65N5O4. The van der Waals surface area contributed by atoms with Gasteiger partial charge in [0.25, 0.3) is 5.56 Å². The molecule has 2 aliphatic heterocycles. The molecule has 2 unspecified atom stereocenters. The molecule has 3 aliphatic rings. The maximum Gasteiger partial charge on any atom is 0.271 e. The number of rotatable bonds is 9. The van der Waals surface area contributed by atoms with E-state index in [2.05, 4.69) is 53.8 Å². The van der Waals surface area contributed by atoms with E-state index >= 15 is 0 Å². The van der Waals surface area contributed by atoms with E-state index in [1.165, 1.54) is 0 Å². The third-order valence-electron chi connectivity index (χ3n) is 8.45. The van der Waals surface area contributed by atoms with Crippen molar-refractivity contribution in [2.75, 3.05) is 32.8 Å². The number of piperazine rings is 1. The Kier molecular flexibility index (Phi) is 22.3. The first-order valence-electron chi connectivity index (χ1n) is 18.8. The van der Waals surface area contributed by atoms with Gasteiger partial charge in [0.05, 0.1) is 5.69 Å². The number of aromatic nitrogens is 2. The summed E-state index contributed by atoms with van der Waals surface area (Å²) in [5, 5.41) is 18.5. The van der Waals surface area contributed by atoms with E-state index in [0.717, 1.165) is 41.8 Å². The van der Waals surface area contributed by atoms with Crippen molar-refractivity contribution in [2.45, 2.75) is 99.5 Å². The molecule has 3 N–H and O–H groups in total. The molecule has 3 heterocycles. The fourth-order valence-corrected chi connectivity index (χ4v) is 5.91. The molecule has 0 spiro atoms. The van der Waals surface area contributed by atoms with Gasteiger partial charge in [0.15, 0.2) is 0 Å². The van der Waals surface area contributed by atoms with Gasteiger partial charge in [-0.05, 0) is 58.9 Å². The molecule has 52 heavy (non-hydrogen) atoms. The molecule has 0 aromatic carbocycles. The van der Waals surface area contributed by atoms with Crippen molar-refractivity contribution in [1.29, 1.82) is 0 Å². The number of nitrogens with one attached hydrogen (secondary N) is 2. The molecule has 2 bridgehead atoms. The molecule has 1 fully saturated rings. The van der Waals surface area contributed by atoms with Crippen LogP contribution in [0.5, 0.6) is 0 Å². The fraction of sp³-hybridized carbons (Fsp3) is 0.488. The van der Waals surface area contributed by atoms with Gasteiger partial charge in [0.2, 0.25) is 11.8 Å². The number of aliphatic hydroxyl groups is 1. The molecule has 0 radical (unpaired) electrons. The SMILES string of the molecule is C=C(C)/C=C\C=C/C.C=C/C=C(\C/C=C\CC1c2n[nH]c(=O)c3c2CC(=CCC/C=C\3)NC1C)C(=O)N1CCN(C(=O)C(C)C)CC1.CC.CCO. The second kappa shape index (κ2) is 25.5. The zero-order valence-corrected chi connectivity index (χ0v) is 33.1. The second-order valence-corrected chi connectivity index (χ2v) is 12.9. The molecule has 286 valence electrons. The summed E-state index contributed by atoms with van der Waals surface area (Å²) < 4.78 is 0. The van der Waals surface area contributed by atoms with Crippen molar-refractivity contribution in [1.82, 2.24) is 25.3 Å². The second-order valence-electron chi connectivity index (χ2n) is 12.9. The average Bonchev–Trinajstić information content (AvgIpc) is 3.17. The molecule has 2 atom stereocenters. The lowest BCUT2D eigenvalue weighted by Crippen LogP contribution is -2.51. The first-order valence-corrected chi connectivity index (χ1v) is 18.8. The maximum atomic E-state index is 13.3. The van der Waals surface area contributed by atoms with Crippen LogP contribution in [0.4, 0.5) is 0 Å². The monoisotopic (exact) mass is 716 g/mol. The van der Waals surface area contributed by atoms with Gasteiger partial charge in [-0.15, -0.1) is 0 Å². The number of allylic oxidation sites excluding steroid dienone is 12. The van der Waals surface area contributed by atoms with E-state index in [1.54, 1.807) is 19.1 Å².